The van der Waals surface area contributed by atoms with Crippen molar-refractivity contribution in [2.45, 2.75) is 82.8 Å². The molecule has 6 heteroatoms. The second-order valence-corrected chi connectivity index (χ2v) is 8.58. The van der Waals surface area contributed by atoms with Gasteiger partial charge in [0, 0.05) is 24.2 Å². The Labute approximate surface area is 181 Å². The van der Waals surface area contributed by atoms with Crippen molar-refractivity contribution < 1.29 is 14.2 Å². The molecule has 5 nitrogen and oxygen atoms in total. The zero-order valence-corrected chi connectivity index (χ0v) is 19.0. The van der Waals surface area contributed by atoms with Gasteiger partial charge in [-0.3, -0.25) is 0 Å². The molecular formula is C23H36N2O3S. The van der Waals surface area contributed by atoms with Gasteiger partial charge in [0.25, 0.3) is 0 Å². The van der Waals surface area contributed by atoms with E-state index in [1.165, 1.54) is 64.2 Å². The summed E-state index contributed by atoms with van der Waals surface area (Å²) in [6, 6.07) is 5.00. The fourth-order valence-electron chi connectivity index (χ4n) is 4.74. The second kappa shape index (κ2) is 10.9. The van der Waals surface area contributed by atoms with Crippen LogP contribution in [0.5, 0.6) is 17.2 Å². The maximum atomic E-state index is 5.94. The summed E-state index contributed by atoms with van der Waals surface area (Å²) in [7, 11) is 4.98. The number of hydrogen-bond acceptors (Lipinski definition) is 4. The Morgan fingerprint density at radius 3 is 2.10 bits per heavy atom. The average molecular weight is 421 g/mol. The Hall–Kier alpha value is -1.69. The second-order valence-electron chi connectivity index (χ2n) is 8.20. The number of ether oxygens (including phenoxy) is 3. The lowest BCUT2D eigenvalue weighted by molar-refractivity contribution is 0.285. The number of nitrogens with zero attached hydrogens (tertiary/aromatic N) is 1. The molecule has 0 aromatic heterocycles. The molecule has 3 rings (SSSR count). The number of methoxy groups -OCH3 is 3. The molecule has 29 heavy (non-hydrogen) atoms. The zero-order chi connectivity index (χ0) is 20.6. The van der Waals surface area contributed by atoms with Gasteiger partial charge in [0.15, 0.2) is 16.6 Å². The molecule has 1 aromatic carbocycles. The van der Waals surface area contributed by atoms with E-state index < -0.39 is 0 Å². The quantitative estimate of drug-likeness (QED) is 0.492. The van der Waals surface area contributed by atoms with E-state index in [2.05, 4.69) is 16.3 Å². The topological polar surface area (TPSA) is 43.0 Å². The lowest BCUT2D eigenvalue weighted by Crippen LogP contribution is -2.48. The Kier molecular flexibility index (Phi) is 8.28. The van der Waals surface area contributed by atoms with E-state index >= 15 is 0 Å². The molecule has 2 fully saturated rings. The minimum atomic E-state index is 0.485. The van der Waals surface area contributed by atoms with E-state index in [-0.39, 0.29) is 0 Å². The Balaban J connectivity index is 1.81. The third-order valence-electron chi connectivity index (χ3n) is 6.34. The summed E-state index contributed by atoms with van der Waals surface area (Å²) >= 11 is 5.94. The normalized spacial score (nSPS) is 18.2. The standard InChI is InChI=1S/C23H36N2O3S/c1-26-20-15-14-17(21(27-2)22(20)28-3)16-25(19-12-8-9-13-19)23(29)24-18-10-6-4-5-7-11-18/h14-15,18-19H,4-13,16H2,1-3H3,(H,24,29). The van der Waals surface area contributed by atoms with Crippen LogP contribution in [0.1, 0.15) is 69.8 Å². The van der Waals surface area contributed by atoms with Crippen molar-refractivity contribution in [1.82, 2.24) is 10.2 Å². The molecule has 2 aliphatic carbocycles. The van der Waals surface area contributed by atoms with Crippen LogP contribution >= 0.6 is 12.2 Å². The molecule has 0 unspecified atom stereocenters. The summed E-state index contributed by atoms with van der Waals surface area (Å²) in [5, 5.41) is 4.59. The van der Waals surface area contributed by atoms with Gasteiger partial charge in [-0.1, -0.05) is 38.5 Å². The van der Waals surface area contributed by atoms with Crippen LogP contribution in [0, 0.1) is 0 Å². The summed E-state index contributed by atoms with van der Waals surface area (Å²) in [6.07, 6.45) is 12.7. The Bertz CT molecular complexity index is 668. The largest absolute Gasteiger partial charge is 0.493 e. The summed E-state index contributed by atoms with van der Waals surface area (Å²) in [5.74, 6) is 2.05. The Morgan fingerprint density at radius 2 is 1.52 bits per heavy atom. The van der Waals surface area contributed by atoms with E-state index in [0.29, 0.717) is 30.1 Å². The summed E-state index contributed by atoms with van der Waals surface area (Å²) < 4.78 is 16.8. The van der Waals surface area contributed by atoms with E-state index in [4.69, 9.17) is 26.4 Å². The molecule has 0 aliphatic heterocycles. The van der Waals surface area contributed by atoms with Crippen LogP contribution in [0.3, 0.4) is 0 Å². The SMILES string of the molecule is COc1ccc(CN(C(=S)NC2CCCCCC2)C2CCCC2)c(OC)c1OC. The van der Waals surface area contributed by atoms with Gasteiger partial charge in [0.05, 0.1) is 21.3 Å². The molecule has 162 valence electrons. The lowest BCUT2D eigenvalue weighted by atomic mass is 10.1. The number of rotatable bonds is 7. The van der Waals surface area contributed by atoms with Gasteiger partial charge in [-0.2, -0.15) is 0 Å². The zero-order valence-electron chi connectivity index (χ0n) is 18.2. The molecule has 0 spiro atoms. The van der Waals surface area contributed by atoms with Crippen molar-refractivity contribution in [3.8, 4) is 17.2 Å². The molecule has 0 amide bonds. The molecular weight excluding hydrogens is 384 g/mol. The highest BCUT2D eigenvalue weighted by Gasteiger charge is 2.28. The first-order chi connectivity index (χ1) is 14.2. The highest BCUT2D eigenvalue weighted by molar-refractivity contribution is 7.80. The maximum absolute atomic E-state index is 5.94. The number of nitrogens with one attached hydrogen (secondary N) is 1. The van der Waals surface area contributed by atoms with Gasteiger partial charge in [-0.25, -0.2) is 0 Å². The third-order valence-corrected chi connectivity index (χ3v) is 6.69. The predicted molar refractivity (Wildman–Crippen MR) is 121 cm³/mol. The molecule has 0 saturated heterocycles. The highest BCUT2D eigenvalue weighted by atomic mass is 32.1. The molecule has 0 radical (unpaired) electrons. The molecule has 2 saturated carbocycles. The average Bonchev–Trinajstić information content (AvgIpc) is 3.15. The van der Waals surface area contributed by atoms with E-state index in [9.17, 15) is 0 Å². The minimum Gasteiger partial charge on any atom is -0.493 e. The summed E-state index contributed by atoms with van der Waals surface area (Å²) in [6.45, 7) is 0.715. The van der Waals surface area contributed by atoms with E-state index in [1.807, 2.05) is 6.07 Å². The van der Waals surface area contributed by atoms with Crippen LogP contribution in [0.2, 0.25) is 0 Å². The summed E-state index contributed by atoms with van der Waals surface area (Å²) in [4.78, 5) is 2.39. The minimum absolute atomic E-state index is 0.485. The van der Waals surface area contributed by atoms with Gasteiger partial charge >= 0.3 is 0 Å². The van der Waals surface area contributed by atoms with Crippen molar-refractivity contribution in [2.24, 2.45) is 0 Å². The van der Waals surface area contributed by atoms with Crippen LogP contribution in [-0.2, 0) is 6.54 Å². The monoisotopic (exact) mass is 420 g/mol. The van der Waals surface area contributed by atoms with Crippen molar-refractivity contribution in [3.05, 3.63) is 17.7 Å². The fourth-order valence-corrected chi connectivity index (χ4v) is 5.12. The van der Waals surface area contributed by atoms with Gasteiger partial charge in [0.2, 0.25) is 5.75 Å². The molecule has 0 heterocycles. The van der Waals surface area contributed by atoms with Crippen molar-refractivity contribution in [1.29, 1.82) is 0 Å². The number of benzene rings is 1. The van der Waals surface area contributed by atoms with E-state index in [1.54, 1.807) is 21.3 Å². The van der Waals surface area contributed by atoms with Crippen molar-refractivity contribution >= 4 is 17.3 Å². The molecule has 0 atom stereocenters. The van der Waals surface area contributed by atoms with Gasteiger partial charge in [-0.15, -0.1) is 0 Å². The highest BCUT2D eigenvalue weighted by Crippen LogP contribution is 2.40. The van der Waals surface area contributed by atoms with Gasteiger partial charge < -0.3 is 24.4 Å². The van der Waals surface area contributed by atoms with Crippen molar-refractivity contribution in [2.75, 3.05) is 21.3 Å². The van der Waals surface area contributed by atoms with Crippen LogP contribution in [0.25, 0.3) is 0 Å². The van der Waals surface area contributed by atoms with E-state index in [0.717, 1.165) is 16.4 Å². The first-order valence-electron chi connectivity index (χ1n) is 11.0. The first kappa shape index (κ1) is 22.0. The van der Waals surface area contributed by atoms with Gasteiger partial charge in [-0.05, 0) is 50.0 Å². The molecule has 1 N–H and O–H groups in total. The molecule has 1 aromatic rings. The fraction of sp³-hybridized carbons (Fsp3) is 0.696. The summed E-state index contributed by atoms with van der Waals surface area (Å²) in [5.41, 5.74) is 1.07. The Morgan fingerprint density at radius 1 is 0.897 bits per heavy atom. The first-order valence-corrected chi connectivity index (χ1v) is 11.4. The smallest absolute Gasteiger partial charge is 0.203 e. The van der Waals surface area contributed by atoms with Gasteiger partial charge in [0.1, 0.15) is 0 Å². The maximum Gasteiger partial charge on any atom is 0.203 e. The predicted octanol–water partition coefficient (Wildman–Crippen LogP) is 5.05. The molecule has 0 bridgehead atoms. The number of thiocarbonyl (C=S) groups is 1. The van der Waals surface area contributed by atoms with Crippen LogP contribution in [0.4, 0.5) is 0 Å². The van der Waals surface area contributed by atoms with Crippen LogP contribution in [0.15, 0.2) is 12.1 Å². The molecule has 2 aliphatic rings. The lowest BCUT2D eigenvalue weighted by Gasteiger charge is -2.34. The third kappa shape index (κ3) is 5.47. The van der Waals surface area contributed by atoms with Crippen molar-refractivity contribution in [3.63, 3.8) is 0 Å². The van der Waals surface area contributed by atoms with Crippen LogP contribution in [-0.4, -0.2) is 43.4 Å². The van der Waals surface area contributed by atoms with Crippen LogP contribution < -0.4 is 19.5 Å². The number of hydrogen-bond donors (Lipinski definition) is 1.